The minimum Gasteiger partial charge on any atom is -0.455 e. The lowest BCUT2D eigenvalue weighted by Crippen LogP contribution is -2.42. The Bertz CT molecular complexity index is 984. The van der Waals surface area contributed by atoms with Crippen LogP contribution in [0.4, 0.5) is 11.5 Å². The molecular weight excluding hydrogens is 390 g/mol. The lowest BCUT2D eigenvalue weighted by Gasteiger charge is -2.29. The van der Waals surface area contributed by atoms with E-state index in [-0.39, 0.29) is 5.91 Å². The summed E-state index contributed by atoms with van der Waals surface area (Å²) in [5, 5.41) is 11.2. The van der Waals surface area contributed by atoms with Crippen molar-refractivity contribution in [2.24, 2.45) is 0 Å². The van der Waals surface area contributed by atoms with E-state index in [9.17, 15) is 4.79 Å². The van der Waals surface area contributed by atoms with Crippen LogP contribution in [0.25, 0.3) is 0 Å². The quantitative estimate of drug-likeness (QED) is 0.601. The number of nitrogens with one attached hydrogen (secondary N) is 1. The van der Waals surface area contributed by atoms with Gasteiger partial charge in [-0.25, -0.2) is 0 Å². The van der Waals surface area contributed by atoms with Crippen LogP contribution in [-0.4, -0.2) is 53.7 Å². The lowest BCUT2D eigenvalue weighted by molar-refractivity contribution is -0.117. The predicted molar refractivity (Wildman–Crippen MR) is 121 cm³/mol. The zero-order valence-corrected chi connectivity index (χ0v) is 17.6. The van der Waals surface area contributed by atoms with Gasteiger partial charge in [-0.05, 0) is 56.3 Å². The zero-order valence-electron chi connectivity index (χ0n) is 17.6. The van der Waals surface area contributed by atoms with Crippen LogP contribution in [0.15, 0.2) is 72.9 Å². The van der Waals surface area contributed by atoms with Crippen LogP contribution in [-0.2, 0) is 4.79 Å². The summed E-state index contributed by atoms with van der Waals surface area (Å²) >= 11 is 0. The van der Waals surface area contributed by atoms with Crippen molar-refractivity contribution in [3.05, 3.63) is 72.9 Å². The van der Waals surface area contributed by atoms with Crippen molar-refractivity contribution >= 4 is 17.4 Å². The fourth-order valence-corrected chi connectivity index (χ4v) is 3.91. The second-order valence-corrected chi connectivity index (χ2v) is 7.73. The van der Waals surface area contributed by atoms with Crippen LogP contribution in [0, 0.1) is 0 Å². The molecule has 1 unspecified atom stereocenters. The molecule has 1 aliphatic rings. The van der Waals surface area contributed by atoms with Gasteiger partial charge < -0.3 is 15.0 Å². The van der Waals surface area contributed by atoms with Crippen LogP contribution in [0.5, 0.6) is 11.5 Å². The molecule has 0 bridgehead atoms. The lowest BCUT2D eigenvalue weighted by atomic mass is 10.2. The maximum absolute atomic E-state index is 12.7. The first-order valence-corrected chi connectivity index (χ1v) is 10.5. The molecule has 7 nitrogen and oxygen atoms in total. The van der Waals surface area contributed by atoms with Crippen LogP contribution in [0.2, 0.25) is 0 Å². The molecule has 0 radical (unpaired) electrons. The van der Waals surface area contributed by atoms with Gasteiger partial charge in [-0.1, -0.05) is 30.3 Å². The van der Waals surface area contributed by atoms with Gasteiger partial charge in [0.25, 0.3) is 0 Å². The zero-order chi connectivity index (χ0) is 21.5. The third-order valence-electron chi connectivity index (χ3n) is 5.30. The summed E-state index contributed by atoms with van der Waals surface area (Å²) in [5.74, 6) is 2.17. The molecule has 1 saturated heterocycles. The Morgan fingerprint density at radius 1 is 1.13 bits per heavy atom. The molecule has 2 aromatic carbocycles. The van der Waals surface area contributed by atoms with Gasteiger partial charge in [0, 0.05) is 25.3 Å². The molecule has 1 fully saturated rings. The van der Waals surface area contributed by atoms with Crippen LogP contribution in [0.1, 0.15) is 12.8 Å². The smallest absolute Gasteiger partial charge is 0.238 e. The highest BCUT2D eigenvalue weighted by atomic mass is 16.5. The standard InChI is InChI=1S/C24H27N5O2/c1-28(17-19-9-8-16-29(19)23-14-7-15-25-27-23)18-24(30)26-21-12-5-6-13-22(21)31-20-10-3-2-4-11-20/h2-7,10-15,19H,8-9,16-18H2,1H3,(H,26,30). The fraction of sp³-hybridized carbons (Fsp3) is 0.292. The van der Waals surface area contributed by atoms with E-state index < -0.39 is 0 Å². The molecule has 1 amide bonds. The molecule has 3 aromatic rings. The van der Waals surface area contributed by atoms with E-state index in [2.05, 4.69) is 25.3 Å². The van der Waals surface area contributed by atoms with Gasteiger partial charge in [-0.15, -0.1) is 5.10 Å². The number of nitrogens with zero attached hydrogens (tertiary/aromatic N) is 4. The summed E-state index contributed by atoms with van der Waals surface area (Å²) in [6.07, 6.45) is 3.88. The SMILES string of the molecule is CN(CC(=O)Nc1ccccc1Oc1ccccc1)CC1CCCN1c1cccnn1. The number of hydrogen-bond acceptors (Lipinski definition) is 6. The van der Waals surface area contributed by atoms with Crippen molar-refractivity contribution in [2.45, 2.75) is 18.9 Å². The third-order valence-corrected chi connectivity index (χ3v) is 5.30. The van der Waals surface area contributed by atoms with Gasteiger partial charge in [0.05, 0.1) is 12.2 Å². The first-order valence-electron chi connectivity index (χ1n) is 10.5. The Kier molecular flexibility index (Phi) is 6.74. The van der Waals surface area contributed by atoms with E-state index in [1.54, 1.807) is 6.20 Å². The Balaban J connectivity index is 1.34. The number of ether oxygens (including phenoxy) is 1. The summed E-state index contributed by atoms with van der Waals surface area (Å²) in [7, 11) is 1.97. The van der Waals surface area contributed by atoms with Gasteiger partial charge in [0.1, 0.15) is 5.75 Å². The van der Waals surface area contributed by atoms with Crippen LogP contribution >= 0.6 is 0 Å². The van der Waals surface area contributed by atoms with Crippen molar-refractivity contribution in [2.75, 3.05) is 36.9 Å². The van der Waals surface area contributed by atoms with E-state index in [1.807, 2.05) is 73.8 Å². The maximum Gasteiger partial charge on any atom is 0.238 e. The number of carbonyl (C=O) groups is 1. The third kappa shape index (κ3) is 5.58. The number of likely N-dealkylation sites (N-methyl/N-ethyl adjacent to an activating group) is 1. The molecule has 1 N–H and O–H groups in total. The predicted octanol–water partition coefficient (Wildman–Crippen LogP) is 3.81. The number of benzene rings is 2. The summed E-state index contributed by atoms with van der Waals surface area (Å²) in [6.45, 7) is 2.05. The Morgan fingerprint density at radius 3 is 2.74 bits per heavy atom. The van der Waals surface area contributed by atoms with Crippen LogP contribution < -0.4 is 15.0 Å². The molecule has 0 aliphatic carbocycles. The molecule has 0 spiro atoms. The number of aromatic nitrogens is 2. The minimum absolute atomic E-state index is 0.0735. The Morgan fingerprint density at radius 2 is 1.94 bits per heavy atom. The van der Waals surface area contributed by atoms with Crippen molar-refractivity contribution in [3.63, 3.8) is 0 Å². The number of para-hydroxylation sites is 3. The monoisotopic (exact) mass is 417 g/mol. The average molecular weight is 418 g/mol. The molecular formula is C24H27N5O2. The van der Waals surface area contributed by atoms with E-state index in [0.717, 1.165) is 37.5 Å². The minimum atomic E-state index is -0.0735. The highest BCUT2D eigenvalue weighted by molar-refractivity contribution is 5.93. The fourth-order valence-electron chi connectivity index (χ4n) is 3.91. The molecule has 0 saturated carbocycles. The van der Waals surface area contributed by atoms with Gasteiger partial charge in [0.2, 0.25) is 5.91 Å². The maximum atomic E-state index is 12.7. The van der Waals surface area contributed by atoms with Crippen molar-refractivity contribution in [3.8, 4) is 11.5 Å². The van der Waals surface area contributed by atoms with Gasteiger partial charge >= 0.3 is 0 Å². The second-order valence-electron chi connectivity index (χ2n) is 7.73. The number of hydrogen-bond donors (Lipinski definition) is 1. The molecule has 7 heteroatoms. The van der Waals surface area contributed by atoms with Crippen molar-refractivity contribution < 1.29 is 9.53 Å². The van der Waals surface area contributed by atoms with E-state index in [0.29, 0.717) is 24.0 Å². The Labute approximate surface area is 182 Å². The van der Waals surface area contributed by atoms with Crippen molar-refractivity contribution in [1.82, 2.24) is 15.1 Å². The topological polar surface area (TPSA) is 70.6 Å². The number of rotatable bonds is 8. The molecule has 1 atom stereocenters. The van der Waals surface area contributed by atoms with E-state index in [1.165, 1.54) is 0 Å². The largest absolute Gasteiger partial charge is 0.455 e. The second kappa shape index (κ2) is 10.0. The van der Waals surface area contributed by atoms with E-state index >= 15 is 0 Å². The molecule has 1 aromatic heterocycles. The summed E-state index contributed by atoms with van der Waals surface area (Å²) in [5.41, 5.74) is 0.659. The highest BCUT2D eigenvalue weighted by Crippen LogP contribution is 2.29. The number of carbonyl (C=O) groups excluding carboxylic acids is 1. The molecule has 4 rings (SSSR count). The normalized spacial score (nSPS) is 15.8. The molecule has 31 heavy (non-hydrogen) atoms. The average Bonchev–Trinajstić information content (AvgIpc) is 3.24. The first-order chi connectivity index (χ1) is 15.2. The first kappa shape index (κ1) is 20.8. The Hall–Kier alpha value is -3.45. The summed E-state index contributed by atoms with van der Waals surface area (Å²) in [4.78, 5) is 17.0. The summed E-state index contributed by atoms with van der Waals surface area (Å²) < 4.78 is 5.94. The molecule has 160 valence electrons. The van der Waals surface area contributed by atoms with Crippen LogP contribution in [0.3, 0.4) is 0 Å². The molecule has 2 heterocycles. The van der Waals surface area contributed by atoms with Crippen molar-refractivity contribution in [1.29, 1.82) is 0 Å². The van der Waals surface area contributed by atoms with E-state index in [4.69, 9.17) is 4.74 Å². The molecule has 1 aliphatic heterocycles. The van der Waals surface area contributed by atoms with Gasteiger partial charge in [-0.3, -0.25) is 9.69 Å². The highest BCUT2D eigenvalue weighted by Gasteiger charge is 2.27. The summed E-state index contributed by atoms with van der Waals surface area (Å²) in [6, 6.07) is 21.2. The van der Waals surface area contributed by atoms with Gasteiger partial charge in [0.15, 0.2) is 11.6 Å². The number of amides is 1. The number of anilines is 2. The van der Waals surface area contributed by atoms with Gasteiger partial charge in [-0.2, -0.15) is 5.10 Å².